The summed E-state index contributed by atoms with van der Waals surface area (Å²) in [6.45, 7) is 4.42. The van der Waals surface area contributed by atoms with Gasteiger partial charge in [0, 0.05) is 17.7 Å². The van der Waals surface area contributed by atoms with Gasteiger partial charge < -0.3 is 4.90 Å². The molecular weight excluding hydrogens is 242 g/mol. The smallest absolute Gasteiger partial charge is 0.0941 e. The van der Waals surface area contributed by atoms with Gasteiger partial charge in [0.1, 0.15) is 0 Å². The van der Waals surface area contributed by atoms with Gasteiger partial charge in [-0.25, -0.2) is 4.98 Å². The predicted octanol–water partition coefficient (Wildman–Crippen LogP) is 3.04. The van der Waals surface area contributed by atoms with E-state index in [0.717, 1.165) is 17.8 Å². The molecule has 1 aromatic heterocycles. The van der Waals surface area contributed by atoms with Gasteiger partial charge in [0.15, 0.2) is 0 Å². The molecule has 0 saturated carbocycles. The van der Waals surface area contributed by atoms with Gasteiger partial charge in [0.05, 0.1) is 22.7 Å². The first-order valence-corrected chi connectivity index (χ1v) is 7.63. The van der Waals surface area contributed by atoms with E-state index in [0.29, 0.717) is 5.92 Å². The Morgan fingerprint density at radius 3 is 2.89 bits per heavy atom. The summed E-state index contributed by atoms with van der Waals surface area (Å²) in [4.78, 5) is 7.13. The van der Waals surface area contributed by atoms with Gasteiger partial charge in [-0.1, -0.05) is 6.92 Å². The average molecular weight is 263 g/mol. The monoisotopic (exact) mass is 263 g/mol. The lowest BCUT2D eigenvalue weighted by molar-refractivity contribution is 0.253. The second-order valence-corrected chi connectivity index (χ2v) is 6.12. The zero-order chi connectivity index (χ0) is 13.0. The minimum absolute atomic E-state index is 0.126. The molecule has 0 aliphatic carbocycles. The number of rotatable bonds is 4. The Labute approximate surface area is 113 Å². The number of nitriles is 1. The molecule has 0 N–H and O–H groups in total. The molecule has 1 unspecified atom stereocenters. The molecule has 1 atom stereocenters. The number of aromatic nitrogens is 1. The molecule has 0 radical (unpaired) electrons. The quantitative estimate of drug-likeness (QED) is 0.838. The van der Waals surface area contributed by atoms with E-state index in [9.17, 15) is 0 Å². The van der Waals surface area contributed by atoms with Gasteiger partial charge >= 0.3 is 0 Å². The molecule has 2 rings (SSSR count). The minimum Gasteiger partial charge on any atom is -0.306 e. The minimum atomic E-state index is 0.126. The van der Waals surface area contributed by atoms with Crippen molar-refractivity contribution in [3.63, 3.8) is 0 Å². The highest BCUT2D eigenvalue weighted by Gasteiger charge is 2.21. The van der Waals surface area contributed by atoms with E-state index in [4.69, 9.17) is 10.2 Å². The van der Waals surface area contributed by atoms with Gasteiger partial charge in [-0.05, 0) is 39.4 Å². The molecule has 1 aromatic rings. The normalized spacial score (nSPS) is 19.6. The van der Waals surface area contributed by atoms with E-state index in [2.05, 4.69) is 30.3 Å². The van der Waals surface area contributed by atoms with E-state index < -0.39 is 0 Å². The van der Waals surface area contributed by atoms with Crippen LogP contribution < -0.4 is 0 Å². The van der Waals surface area contributed by atoms with Crippen molar-refractivity contribution in [2.75, 3.05) is 20.1 Å². The van der Waals surface area contributed by atoms with Crippen LogP contribution in [0.4, 0.5) is 0 Å². The summed E-state index contributed by atoms with van der Waals surface area (Å²) in [5.74, 6) is 0.759. The lowest BCUT2D eigenvalue weighted by Crippen LogP contribution is -2.29. The van der Waals surface area contributed by atoms with Crippen LogP contribution >= 0.6 is 11.3 Å². The van der Waals surface area contributed by atoms with Crippen molar-refractivity contribution in [1.82, 2.24) is 9.88 Å². The van der Waals surface area contributed by atoms with Gasteiger partial charge in [0.2, 0.25) is 0 Å². The Morgan fingerprint density at radius 2 is 2.28 bits per heavy atom. The number of thiazole rings is 1. The van der Waals surface area contributed by atoms with Crippen molar-refractivity contribution in [1.29, 1.82) is 5.26 Å². The van der Waals surface area contributed by atoms with Crippen LogP contribution in [0.1, 0.15) is 42.8 Å². The Bertz CT molecular complexity index is 413. The number of hydrogen-bond acceptors (Lipinski definition) is 4. The van der Waals surface area contributed by atoms with E-state index >= 15 is 0 Å². The van der Waals surface area contributed by atoms with Crippen molar-refractivity contribution < 1.29 is 0 Å². The zero-order valence-electron chi connectivity index (χ0n) is 11.2. The number of piperidine rings is 1. The van der Waals surface area contributed by atoms with Gasteiger partial charge in [-0.3, -0.25) is 0 Å². The Hall–Kier alpha value is -0.920. The topological polar surface area (TPSA) is 39.9 Å². The lowest BCUT2D eigenvalue weighted by Gasteiger charge is -2.27. The van der Waals surface area contributed by atoms with Gasteiger partial charge in [0.25, 0.3) is 0 Å². The third-order valence-corrected chi connectivity index (χ3v) is 4.69. The van der Waals surface area contributed by atoms with Crippen molar-refractivity contribution in [3.8, 4) is 6.07 Å². The van der Waals surface area contributed by atoms with E-state index in [-0.39, 0.29) is 5.92 Å². The highest BCUT2D eigenvalue weighted by Crippen LogP contribution is 2.29. The van der Waals surface area contributed by atoms with Crippen LogP contribution in [0.25, 0.3) is 0 Å². The largest absolute Gasteiger partial charge is 0.306 e. The highest BCUT2D eigenvalue weighted by molar-refractivity contribution is 7.09. The second-order valence-electron chi connectivity index (χ2n) is 5.18. The van der Waals surface area contributed by atoms with E-state index in [1.54, 1.807) is 11.3 Å². The van der Waals surface area contributed by atoms with Gasteiger partial charge in [-0.15, -0.1) is 11.3 Å². The van der Waals surface area contributed by atoms with Crippen LogP contribution in [0.15, 0.2) is 5.38 Å². The summed E-state index contributed by atoms with van der Waals surface area (Å²) in [5, 5.41) is 12.3. The molecule has 18 heavy (non-hydrogen) atoms. The van der Waals surface area contributed by atoms with Crippen LogP contribution in [0.5, 0.6) is 0 Å². The van der Waals surface area contributed by atoms with E-state index in [1.807, 2.05) is 0 Å². The van der Waals surface area contributed by atoms with Gasteiger partial charge in [-0.2, -0.15) is 5.26 Å². The first-order chi connectivity index (χ1) is 8.72. The van der Waals surface area contributed by atoms with Crippen LogP contribution in [0, 0.1) is 17.2 Å². The predicted molar refractivity (Wildman–Crippen MR) is 74.7 cm³/mol. The zero-order valence-corrected chi connectivity index (χ0v) is 12.0. The molecule has 3 nitrogen and oxygen atoms in total. The Kier molecular flexibility index (Phi) is 4.73. The summed E-state index contributed by atoms with van der Waals surface area (Å²) in [5.41, 5.74) is 1.26. The fraction of sp³-hybridized carbons (Fsp3) is 0.714. The summed E-state index contributed by atoms with van der Waals surface area (Å²) < 4.78 is 0. The van der Waals surface area contributed by atoms with Crippen LogP contribution in [-0.2, 0) is 6.42 Å². The molecule has 98 valence electrons. The summed E-state index contributed by atoms with van der Waals surface area (Å²) in [6.07, 6.45) is 4.17. The molecule has 4 heteroatoms. The standard InChI is InChI=1S/C14H21N3S/c1-3-11(9-15)8-14-16-13(10-18-14)12-4-6-17(2)7-5-12/h10-12H,3-8H2,1-2H3. The first kappa shape index (κ1) is 13.5. The maximum atomic E-state index is 8.99. The molecule has 1 aliphatic rings. The summed E-state index contributed by atoms with van der Waals surface area (Å²) in [7, 11) is 2.18. The van der Waals surface area contributed by atoms with E-state index in [1.165, 1.54) is 31.6 Å². The average Bonchev–Trinajstić information content (AvgIpc) is 2.85. The number of likely N-dealkylation sites (tertiary alicyclic amines) is 1. The van der Waals surface area contributed by atoms with Crippen LogP contribution in [0.3, 0.4) is 0 Å². The maximum Gasteiger partial charge on any atom is 0.0941 e. The summed E-state index contributed by atoms with van der Waals surface area (Å²) in [6, 6.07) is 2.35. The molecule has 0 aromatic carbocycles. The SMILES string of the molecule is CCC(C#N)Cc1nc(C2CCN(C)CC2)cs1. The maximum absolute atomic E-state index is 8.99. The molecule has 0 amide bonds. The first-order valence-electron chi connectivity index (χ1n) is 6.75. The number of nitrogens with zero attached hydrogens (tertiary/aromatic N) is 3. The molecule has 0 spiro atoms. The highest BCUT2D eigenvalue weighted by atomic mass is 32.1. The second kappa shape index (κ2) is 6.31. The fourth-order valence-corrected chi connectivity index (χ4v) is 3.36. The molecule has 1 saturated heterocycles. The Morgan fingerprint density at radius 1 is 1.56 bits per heavy atom. The molecule has 0 bridgehead atoms. The van der Waals surface area contributed by atoms with Crippen molar-refractivity contribution in [2.45, 2.75) is 38.5 Å². The third-order valence-electron chi connectivity index (χ3n) is 3.80. The van der Waals surface area contributed by atoms with Crippen LogP contribution in [0.2, 0.25) is 0 Å². The van der Waals surface area contributed by atoms with Crippen molar-refractivity contribution in [3.05, 3.63) is 16.1 Å². The molecule has 1 fully saturated rings. The van der Waals surface area contributed by atoms with Crippen molar-refractivity contribution >= 4 is 11.3 Å². The molecule has 1 aliphatic heterocycles. The summed E-state index contributed by atoms with van der Waals surface area (Å²) >= 11 is 1.73. The Balaban J connectivity index is 1.96. The van der Waals surface area contributed by atoms with Crippen LogP contribution in [-0.4, -0.2) is 30.0 Å². The molecular formula is C14H21N3S. The van der Waals surface area contributed by atoms with Crippen molar-refractivity contribution in [2.24, 2.45) is 5.92 Å². The molecule has 2 heterocycles. The fourth-order valence-electron chi connectivity index (χ4n) is 2.40. The third kappa shape index (κ3) is 3.30. The number of hydrogen-bond donors (Lipinski definition) is 0. The lowest BCUT2D eigenvalue weighted by atomic mass is 9.94.